The average molecular weight is 200 g/mol. The minimum Gasteiger partial charge on any atom is -0.463 e. The summed E-state index contributed by atoms with van der Waals surface area (Å²) in [6, 6.07) is 2.31. The molecule has 0 heterocycles. The highest BCUT2D eigenvalue weighted by atomic mass is 19.1. The van der Waals surface area contributed by atoms with Gasteiger partial charge in [0.15, 0.2) is 0 Å². The van der Waals surface area contributed by atoms with Crippen molar-refractivity contribution < 1.29 is 18.7 Å². The van der Waals surface area contributed by atoms with Gasteiger partial charge in [0.25, 0.3) is 0 Å². The highest BCUT2D eigenvalue weighted by Crippen LogP contribution is 2.18. The van der Waals surface area contributed by atoms with Crippen molar-refractivity contribution in [3.8, 4) is 0 Å². The summed E-state index contributed by atoms with van der Waals surface area (Å²) in [5.41, 5.74) is -0.231. The predicted octanol–water partition coefficient (Wildman–Crippen LogP) is 2.06. The van der Waals surface area contributed by atoms with Crippen LogP contribution >= 0.6 is 0 Å². The Labute approximate surface area is 78.1 Å². The van der Waals surface area contributed by atoms with Crippen molar-refractivity contribution in [3.05, 3.63) is 29.8 Å². The first-order chi connectivity index (χ1) is 6.54. The molecule has 4 nitrogen and oxygen atoms in total. The fourth-order valence-corrected chi connectivity index (χ4v) is 0.914. The molecule has 6 heteroatoms. The first kappa shape index (κ1) is 10.1. The van der Waals surface area contributed by atoms with Crippen molar-refractivity contribution in [1.29, 1.82) is 0 Å². The van der Waals surface area contributed by atoms with Crippen molar-refractivity contribution in [1.82, 2.24) is 0 Å². The Morgan fingerprint density at radius 3 is 2.21 bits per heavy atom. The third kappa shape index (κ3) is 2.03. The van der Waals surface area contributed by atoms with Crippen LogP contribution in [0.25, 0.3) is 0 Å². The number of rotatable bonds is 2. The molecule has 0 aromatic heterocycles. The summed E-state index contributed by atoms with van der Waals surface area (Å²) in [6.07, 6.45) is -1.47. The zero-order valence-corrected chi connectivity index (χ0v) is 6.94. The molecule has 1 N–H and O–H groups in total. The topological polar surface area (TPSA) is 52.9 Å². The van der Waals surface area contributed by atoms with Crippen LogP contribution in [0.4, 0.5) is 19.3 Å². The van der Waals surface area contributed by atoms with Crippen LogP contribution in [0.1, 0.15) is 0 Å². The summed E-state index contributed by atoms with van der Waals surface area (Å²) >= 11 is 0. The fourth-order valence-electron chi connectivity index (χ4n) is 0.914. The minimum absolute atomic E-state index is 0.231. The number of amides is 1. The third-order valence-corrected chi connectivity index (χ3v) is 1.41. The molecule has 0 saturated carbocycles. The third-order valence-electron chi connectivity index (χ3n) is 1.41. The molecule has 1 aromatic carbocycles. The van der Waals surface area contributed by atoms with Crippen LogP contribution in [0.3, 0.4) is 0 Å². The van der Waals surface area contributed by atoms with E-state index in [1.807, 2.05) is 0 Å². The molecule has 74 valence electrons. The Hall–Kier alpha value is -1.98. The lowest BCUT2D eigenvalue weighted by Gasteiger charge is -2.11. The van der Waals surface area contributed by atoms with E-state index in [-0.39, 0.29) is 5.69 Å². The molecule has 0 saturated heterocycles. The molecule has 0 aliphatic heterocycles. The first-order valence-electron chi connectivity index (χ1n) is 3.50. The van der Waals surface area contributed by atoms with Gasteiger partial charge in [-0.1, -0.05) is 0 Å². The number of nitrogens with zero attached hydrogens (tertiary/aromatic N) is 2. The average Bonchev–Trinajstić information content (AvgIpc) is 2.02. The van der Waals surface area contributed by atoms with Crippen LogP contribution in [0.5, 0.6) is 0 Å². The number of carboxylic acid groups (broad SMARTS) is 1. The molecule has 0 spiro atoms. The summed E-state index contributed by atoms with van der Waals surface area (Å²) in [5, 5.41) is 12.0. The van der Waals surface area contributed by atoms with E-state index in [9.17, 15) is 13.6 Å². The van der Waals surface area contributed by atoms with E-state index < -0.39 is 17.7 Å². The Morgan fingerprint density at radius 2 is 1.86 bits per heavy atom. The van der Waals surface area contributed by atoms with Gasteiger partial charge < -0.3 is 5.11 Å². The van der Waals surface area contributed by atoms with Crippen LogP contribution in [-0.4, -0.2) is 17.9 Å². The van der Waals surface area contributed by atoms with Gasteiger partial charge in [0.1, 0.15) is 11.6 Å². The molecular weight excluding hydrogens is 194 g/mol. The lowest BCUT2D eigenvalue weighted by molar-refractivity contribution is 0.202. The zero-order valence-electron chi connectivity index (χ0n) is 6.94. The molecule has 0 aliphatic rings. The summed E-state index contributed by atoms with van der Waals surface area (Å²) in [6.45, 7) is 2.97. The lowest BCUT2D eigenvalue weighted by Crippen LogP contribution is -2.22. The molecular formula is C8H6F2N2O2. The van der Waals surface area contributed by atoms with Crippen molar-refractivity contribution in [2.24, 2.45) is 5.10 Å². The van der Waals surface area contributed by atoms with Gasteiger partial charge >= 0.3 is 6.09 Å². The molecule has 0 unspecified atom stereocenters. The maximum Gasteiger partial charge on any atom is 0.432 e. The second-order valence-electron chi connectivity index (χ2n) is 2.36. The molecule has 1 amide bonds. The van der Waals surface area contributed by atoms with Crippen molar-refractivity contribution in [3.63, 3.8) is 0 Å². The number of benzene rings is 1. The van der Waals surface area contributed by atoms with Crippen LogP contribution in [0.15, 0.2) is 23.3 Å². The van der Waals surface area contributed by atoms with E-state index in [0.717, 1.165) is 12.1 Å². The summed E-state index contributed by atoms with van der Waals surface area (Å²) < 4.78 is 25.3. The molecule has 0 aliphatic carbocycles. The lowest BCUT2D eigenvalue weighted by atomic mass is 10.3. The monoisotopic (exact) mass is 200 g/mol. The number of halogens is 2. The Morgan fingerprint density at radius 1 is 1.36 bits per heavy atom. The summed E-state index contributed by atoms with van der Waals surface area (Å²) in [5.74, 6) is -1.76. The number of hydrogen-bond donors (Lipinski definition) is 1. The number of anilines is 1. The predicted molar refractivity (Wildman–Crippen MR) is 46.4 cm³/mol. The number of hydrogen-bond acceptors (Lipinski definition) is 2. The summed E-state index contributed by atoms with van der Waals surface area (Å²) in [7, 11) is 0. The Balaban J connectivity index is 3.16. The molecule has 14 heavy (non-hydrogen) atoms. The molecule has 1 rings (SSSR count). The smallest absolute Gasteiger partial charge is 0.432 e. The van der Waals surface area contributed by atoms with Gasteiger partial charge in [-0.25, -0.2) is 13.6 Å². The van der Waals surface area contributed by atoms with E-state index in [1.54, 1.807) is 0 Å². The maximum absolute atomic E-state index is 12.7. The van der Waals surface area contributed by atoms with Crippen LogP contribution < -0.4 is 5.01 Å². The van der Waals surface area contributed by atoms with E-state index >= 15 is 0 Å². The SMILES string of the molecule is C=NN(C(=O)O)c1cc(F)cc(F)c1. The molecule has 0 bridgehead atoms. The van der Waals surface area contributed by atoms with Crippen molar-refractivity contribution in [2.75, 3.05) is 5.01 Å². The van der Waals surface area contributed by atoms with E-state index in [2.05, 4.69) is 11.8 Å². The van der Waals surface area contributed by atoms with Gasteiger partial charge in [-0.2, -0.15) is 10.1 Å². The highest BCUT2D eigenvalue weighted by molar-refractivity contribution is 5.85. The van der Waals surface area contributed by atoms with Gasteiger partial charge in [-0.3, -0.25) is 0 Å². The van der Waals surface area contributed by atoms with Crippen LogP contribution in [-0.2, 0) is 0 Å². The van der Waals surface area contributed by atoms with Gasteiger partial charge in [0.05, 0.1) is 5.69 Å². The largest absolute Gasteiger partial charge is 0.463 e. The minimum atomic E-state index is -1.47. The van der Waals surface area contributed by atoms with Gasteiger partial charge in [0, 0.05) is 24.9 Å². The van der Waals surface area contributed by atoms with Crippen molar-refractivity contribution >= 4 is 18.5 Å². The normalized spacial score (nSPS) is 9.57. The van der Waals surface area contributed by atoms with Gasteiger partial charge in [-0.05, 0) is 0 Å². The number of hydrazone groups is 1. The number of carbonyl (C=O) groups is 1. The molecule has 0 atom stereocenters. The first-order valence-corrected chi connectivity index (χ1v) is 3.50. The second-order valence-corrected chi connectivity index (χ2v) is 2.36. The van der Waals surface area contributed by atoms with Gasteiger partial charge in [-0.15, -0.1) is 0 Å². The van der Waals surface area contributed by atoms with E-state index in [4.69, 9.17) is 5.11 Å². The van der Waals surface area contributed by atoms with Crippen LogP contribution in [0.2, 0.25) is 0 Å². The molecule has 0 radical (unpaired) electrons. The fraction of sp³-hybridized carbons (Fsp3) is 0. The zero-order chi connectivity index (χ0) is 10.7. The summed E-state index contributed by atoms with van der Waals surface area (Å²) in [4.78, 5) is 10.5. The maximum atomic E-state index is 12.7. The Bertz CT molecular complexity index is 361. The molecule has 0 fully saturated rings. The van der Waals surface area contributed by atoms with E-state index in [1.165, 1.54) is 0 Å². The Kier molecular flexibility index (Phi) is 2.76. The van der Waals surface area contributed by atoms with Crippen molar-refractivity contribution in [2.45, 2.75) is 0 Å². The van der Waals surface area contributed by atoms with E-state index in [0.29, 0.717) is 11.1 Å². The van der Waals surface area contributed by atoms with Crippen LogP contribution in [0, 0.1) is 11.6 Å². The highest BCUT2D eigenvalue weighted by Gasteiger charge is 2.14. The second kappa shape index (κ2) is 3.82. The standard InChI is InChI=1S/C8H6F2N2O2/c1-11-12(8(13)14)7-3-5(9)2-6(10)4-7/h2-4H,1H2,(H,13,14). The quantitative estimate of drug-likeness (QED) is 0.586. The molecule has 1 aromatic rings. The van der Waals surface area contributed by atoms with Gasteiger partial charge in [0.2, 0.25) is 0 Å².